The van der Waals surface area contributed by atoms with Gasteiger partial charge in [-0.1, -0.05) is 0 Å². The van der Waals surface area contributed by atoms with Crippen LogP contribution in [0.15, 0.2) is 57.9 Å². The Labute approximate surface area is 165 Å². The summed E-state index contributed by atoms with van der Waals surface area (Å²) < 4.78 is 13.0. The minimum Gasteiger partial charge on any atom is -0.497 e. The molecule has 3 aromatic heterocycles. The van der Waals surface area contributed by atoms with Gasteiger partial charge in [0.25, 0.3) is 5.56 Å². The van der Waals surface area contributed by atoms with Crippen molar-refractivity contribution in [2.24, 2.45) is 0 Å². The molecule has 4 rings (SSSR count). The van der Waals surface area contributed by atoms with Gasteiger partial charge in [0.05, 0.1) is 25.6 Å². The molecule has 0 bridgehead atoms. The lowest BCUT2D eigenvalue weighted by Crippen LogP contribution is -2.34. The maximum Gasteiger partial charge on any atom is 0.293 e. The Morgan fingerprint density at radius 3 is 2.69 bits per heavy atom. The largest absolute Gasteiger partial charge is 0.497 e. The summed E-state index contributed by atoms with van der Waals surface area (Å²) in [7, 11) is 1.60. The molecule has 3 heterocycles. The average molecular weight is 393 g/mol. The van der Waals surface area contributed by atoms with E-state index in [0.29, 0.717) is 22.8 Å². The predicted octanol–water partition coefficient (Wildman–Crippen LogP) is 1.78. The smallest absolute Gasteiger partial charge is 0.293 e. The van der Waals surface area contributed by atoms with Crippen molar-refractivity contribution in [1.29, 1.82) is 0 Å². The summed E-state index contributed by atoms with van der Waals surface area (Å²) in [6.07, 6.45) is 1.53. The number of aryl methyl sites for hydroxylation is 1. The highest BCUT2D eigenvalue weighted by molar-refractivity contribution is 5.75. The summed E-state index contributed by atoms with van der Waals surface area (Å²) in [5.74, 6) is 1.52. The van der Waals surface area contributed by atoms with Crippen LogP contribution in [0.1, 0.15) is 11.6 Å². The highest BCUT2D eigenvalue weighted by Crippen LogP contribution is 2.21. The van der Waals surface area contributed by atoms with E-state index in [9.17, 15) is 9.59 Å². The van der Waals surface area contributed by atoms with E-state index in [1.807, 2.05) is 24.3 Å². The number of hydrogen-bond acceptors (Lipinski definition) is 6. The number of benzene rings is 1. The lowest BCUT2D eigenvalue weighted by atomic mass is 10.1. The molecule has 0 unspecified atom stereocenters. The van der Waals surface area contributed by atoms with Crippen molar-refractivity contribution in [3.8, 4) is 17.0 Å². The summed E-state index contributed by atoms with van der Waals surface area (Å²) in [5, 5.41) is 11.4. The second kappa shape index (κ2) is 7.63. The van der Waals surface area contributed by atoms with Gasteiger partial charge in [-0.15, -0.1) is 0 Å². The maximum absolute atomic E-state index is 12.8. The predicted molar refractivity (Wildman–Crippen MR) is 105 cm³/mol. The van der Waals surface area contributed by atoms with Crippen LogP contribution in [0.3, 0.4) is 0 Å². The number of aromatic nitrogens is 4. The monoisotopic (exact) mass is 393 g/mol. The van der Waals surface area contributed by atoms with Crippen LogP contribution in [-0.4, -0.2) is 32.4 Å². The molecule has 0 aliphatic rings. The lowest BCUT2D eigenvalue weighted by Gasteiger charge is -2.07. The topological polar surface area (TPSA) is 104 Å². The van der Waals surface area contributed by atoms with Crippen molar-refractivity contribution in [2.45, 2.75) is 20.0 Å². The van der Waals surface area contributed by atoms with Crippen LogP contribution in [0, 0.1) is 6.92 Å². The third-order valence-electron chi connectivity index (χ3n) is 4.45. The minimum atomic E-state index is -0.393. The second-order valence-electron chi connectivity index (χ2n) is 6.42. The van der Waals surface area contributed by atoms with Crippen LogP contribution < -0.4 is 15.6 Å². The van der Waals surface area contributed by atoms with Crippen LogP contribution in [0.2, 0.25) is 0 Å². The Bertz CT molecular complexity index is 1210. The summed E-state index contributed by atoms with van der Waals surface area (Å²) in [5.41, 5.74) is 1.43. The molecule has 9 heteroatoms. The number of amides is 1. The zero-order valence-electron chi connectivity index (χ0n) is 16.0. The summed E-state index contributed by atoms with van der Waals surface area (Å²) in [6, 6.07) is 12.6. The molecule has 1 aromatic carbocycles. The van der Waals surface area contributed by atoms with E-state index in [2.05, 4.69) is 15.5 Å². The first-order valence-electron chi connectivity index (χ1n) is 8.96. The molecule has 1 amide bonds. The number of methoxy groups -OCH3 is 1. The number of fused-ring (bicyclic) bond motifs is 1. The molecule has 0 spiro atoms. The van der Waals surface area contributed by atoms with Gasteiger partial charge in [-0.3, -0.25) is 9.59 Å². The van der Waals surface area contributed by atoms with E-state index in [1.54, 1.807) is 32.2 Å². The number of nitrogens with zero attached hydrogens (tertiary/aromatic N) is 4. The highest BCUT2D eigenvalue weighted by atomic mass is 16.5. The number of carbonyl (C=O) groups excluding carboxylic acids is 1. The molecule has 0 atom stereocenters. The molecule has 0 saturated heterocycles. The van der Waals surface area contributed by atoms with Crippen molar-refractivity contribution >= 4 is 11.4 Å². The van der Waals surface area contributed by atoms with Gasteiger partial charge < -0.3 is 14.5 Å². The second-order valence-corrected chi connectivity index (χ2v) is 6.42. The minimum absolute atomic E-state index is 0.195. The zero-order valence-corrected chi connectivity index (χ0v) is 16.0. The summed E-state index contributed by atoms with van der Waals surface area (Å²) >= 11 is 0. The fourth-order valence-corrected chi connectivity index (χ4v) is 2.98. The first-order chi connectivity index (χ1) is 14.0. The van der Waals surface area contributed by atoms with Crippen molar-refractivity contribution in [1.82, 2.24) is 24.7 Å². The molecular weight excluding hydrogens is 374 g/mol. The van der Waals surface area contributed by atoms with Gasteiger partial charge in [-0.2, -0.15) is 10.2 Å². The zero-order chi connectivity index (χ0) is 20.4. The molecule has 0 aliphatic heterocycles. The van der Waals surface area contributed by atoms with Crippen LogP contribution in [-0.2, 0) is 17.9 Å². The Hall–Kier alpha value is -3.88. The van der Waals surface area contributed by atoms with Gasteiger partial charge >= 0.3 is 0 Å². The van der Waals surface area contributed by atoms with Crippen LogP contribution in [0.4, 0.5) is 0 Å². The van der Waals surface area contributed by atoms with Gasteiger partial charge in [0, 0.05) is 5.56 Å². The molecule has 4 aromatic rings. The third-order valence-corrected chi connectivity index (χ3v) is 4.45. The molecule has 0 aliphatic carbocycles. The number of rotatable bonds is 6. The summed E-state index contributed by atoms with van der Waals surface area (Å²) in [6.45, 7) is 1.78. The Balaban J connectivity index is 1.60. The standard InChI is InChI=1S/C20H19N5O4/c1-13-22-24(12-19(26)21-11-16-4-3-9-29-16)20(27)18-10-17(23-25(13)18)14-5-7-15(28-2)8-6-14/h3-10H,11-12H2,1-2H3,(H,21,26). The van der Waals surface area contributed by atoms with Crippen molar-refractivity contribution in [3.63, 3.8) is 0 Å². The quantitative estimate of drug-likeness (QED) is 0.536. The van der Waals surface area contributed by atoms with Crippen molar-refractivity contribution in [2.75, 3.05) is 7.11 Å². The number of carbonyl (C=O) groups is 1. The Morgan fingerprint density at radius 1 is 1.21 bits per heavy atom. The summed E-state index contributed by atoms with van der Waals surface area (Å²) in [4.78, 5) is 25.0. The van der Waals surface area contributed by atoms with Gasteiger partial charge in [0.15, 0.2) is 0 Å². The molecule has 1 N–H and O–H groups in total. The average Bonchev–Trinajstić information content (AvgIpc) is 3.41. The highest BCUT2D eigenvalue weighted by Gasteiger charge is 2.15. The molecule has 0 saturated carbocycles. The maximum atomic E-state index is 12.8. The molecule has 29 heavy (non-hydrogen) atoms. The Kier molecular flexibility index (Phi) is 4.86. The van der Waals surface area contributed by atoms with E-state index in [1.165, 1.54) is 10.8 Å². The van der Waals surface area contributed by atoms with Gasteiger partial charge in [-0.25, -0.2) is 9.20 Å². The van der Waals surface area contributed by atoms with Gasteiger partial charge in [0.1, 0.15) is 29.4 Å². The van der Waals surface area contributed by atoms with Crippen LogP contribution >= 0.6 is 0 Å². The SMILES string of the molecule is COc1ccc(-c2cc3c(=O)n(CC(=O)NCc4ccco4)nc(C)n3n2)cc1. The van der Waals surface area contributed by atoms with Crippen LogP contribution in [0.25, 0.3) is 16.8 Å². The third kappa shape index (κ3) is 3.75. The molecule has 0 fully saturated rings. The van der Waals surface area contributed by atoms with E-state index >= 15 is 0 Å². The lowest BCUT2D eigenvalue weighted by molar-refractivity contribution is -0.122. The molecule has 148 valence electrons. The number of ether oxygens (including phenoxy) is 1. The fourth-order valence-electron chi connectivity index (χ4n) is 2.98. The van der Waals surface area contributed by atoms with Crippen molar-refractivity contribution < 1.29 is 13.9 Å². The van der Waals surface area contributed by atoms with E-state index < -0.39 is 5.56 Å². The fraction of sp³-hybridized carbons (Fsp3) is 0.200. The van der Waals surface area contributed by atoms with E-state index in [-0.39, 0.29) is 19.0 Å². The van der Waals surface area contributed by atoms with Gasteiger partial charge in [-0.05, 0) is 49.4 Å². The normalized spacial score (nSPS) is 11.0. The molecular formula is C20H19N5O4. The number of furan rings is 1. The van der Waals surface area contributed by atoms with Crippen LogP contribution in [0.5, 0.6) is 5.75 Å². The number of hydrogen-bond donors (Lipinski definition) is 1. The van der Waals surface area contributed by atoms with E-state index in [4.69, 9.17) is 9.15 Å². The Morgan fingerprint density at radius 2 is 2.00 bits per heavy atom. The molecule has 9 nitrogen and oxygen atoms in total. The van der Waals surface area contributed by atoms with Gasteiger partial charge in [0.2, 0.25) is 5.91 Å². The van der Waals surface area contributed by atoms with Crippen molar-refractivity contribution in [3.05, 3.63) is 70.7 Å². The number of nitrogens with one attached hydrogen (secondary N) is 1. The first kappa shape index (κ1) is 18.5. The van der Waals surface area contributed by atoms with E-state index in [0.717, 1.165) is 16.0 Å². The molecule has 0 radical (unpaired) electrons. The first-order valence-corrected chi connectivity index (χ1v) is 8.96.